The number of aromatic nitrogens is 1. The van der Waals surface area contributed by atoms with Crippen LogP contribution in [0.15, 0.2) is 35.1 Å². The van der Waals surface area contributed by atoms with Gasteiger partial charge in [-0.05, 0) is 43.4 Å². The van der Waals surface area contributed by atoms with Gasteiger partial charge in [-0.3, -0.25) is 9.59 Å². The first-order valence-corrected chi connectivity index (χ1v) is 9.58. The van der Waals surface area contributed by atoms with Gasteiger partial charge in [0.1, 0.15) is 11.3 Å². The number of H-pyrrole nitrogens is 1. The van der Waals surface area contributed by atoms with E-state index in [0.717, 1.165) is 48.3 Å². The van der Waals surface area contributed by atoms with E-state index in [1.54, 1.807) is 12.0 Å². The van der Waals surface area contributed by atoms with Crippen LogP contribution in [0.25, 0.3) is 0 Å². The SMILES string of the molecule is COc1ccccc1C1CNCCN1C(=O)c1cc2c([nH]c1=O)CCCC2. The van der Waals surface area contributed by atoms with Gasteiger partial charge in [-0.2, -0.15) is 0 Å². The highest BCUT2D eigenvalue weighted by molar-refractivity contribution is 5.94. The number of nitrogens with one attached hydrogen (secondary N) is 2. The van der Waals surface area contributed by atoms with E-state index in [2.05, 4.69) is 10.3 Å². The Bertz CT molecular complexity index is 906. The van der Waals surface area contributed by atoms with Crippen molar-refractivity contribution in [2.75, 3.05) is 26.7 Å². The van der Waals surface area contributed by atoms with Crippen LogP contribution in [0.4, 0.5) is 0 Å². The van der Waals surface area contributed by atoms with Crippen molar-refractivity contribution in [1.82, 2.24) is 15.2 Å². The molecule has 1 fully saturated rings. The van der Waals surface area contributed by atoms with E-state index in [0.29, 0.717) is 19.6 Å². The average molecular weight is 367 g/mol. The number of aryl methyl sites for hydroxylation is 2. The standard InChI is InChI=1S/C21H25N3O3/c1-27-19-9-5-3-7-15(19)18-13-22-10-11-24(18)21(26)16-12-14-6-2-4-8-17(14)23-20(16)25/h3,5,7,9,12,18,22H,2,4,6,8,10-11,13H2,1H3,(H,23,25). The number of fused-ring (bicyclic) bond motifs is 1. The molecule has 1 aromatic heterocycles. The summed E-state index contributed by atoms with van der Waals surface area (Å²) in [6, 6.07) is 9.39. The van der Waals surface area contributed by atoms with Crippen molar-refractivity contribution in [2.45, 2.75) is 31.7 Å². The van der Waals surface area contributed by atoms with Crippen LogP contribution in [0.2, 0.25) is 0 Å². The van der Waals surface area contributed by atoms with Crippen LogP contribution in [0.1, 0.15) is 46.1 Å². The first-order valence-electron chi connectivity index (χ1n) is 9.58. The van der Waals surface area contributed by atoms with Gasteiger partial charge in [-0.25, -0.2) is 0 Å². The fourth-order valence-electron chi connectivity index (χ4n) is 4.16. The Kier molecular flexibility index (Phi) is 4.99. The Balaban J connectivity index is 1.70. The summed E-state index contributed by atoms with van der Waals surface area (Å²) in [7, 11) is 1.63. The lowest BCUT2D eigenvalue weighted by molar-refractivity contribution is 0.0629. The summed E-state index contributed by atoms with van der Waals surface area (Å²) < 4.78 is 5.50. The second-order valence-corrected chi connectivity index (χ2v) is 7.18. The molecule has 2 N–H and O–H groups in total. The highest BCUT2D eigenvalue weighted by atomic mass is 16.5. The van der Waals surface area contributed by atoms with E-state index in [-0.39, 0.29) is 23.1 Å². The predicted octanol–water partition coefficient (Wildman–Crippen LogP) is 2.05. The van der Waals surface area contributed by atoms with Gasteiger partial charge >= 0.3 is 0 Å². The number of aromatic amines is 1. The maximum Gasteiger partial charge on any atom is 0.261 e. The summed E-state index contributed by atoms with van der Waals surface area (Å²) >= 11 is 0. The largest absolute Gasteiger partial charge is 0.496 e. The molecule has 1 aliphatic carbocycles. The number of hydrogen-bond donors (Lipinski definition) is 2. The molecule has 0 saturated carbocycles. The lowest BCUT2D eigenvalue weighted by Crippen LogP contribution is -2.49. The van der Waals surface area contributed by atoms with Crippen LogP contribution in [0, 0.1) is 0 Å². The van der Waals surface area contributed by atoms with E-state index in [1.807, 2.05) is 30.3 Å². The van der Waals surface area contributed by atoms with Crippen LogP contribution in [-0.2, 0) is 12.8 Å². The molecule has 0 bridgehead atoms. The molecule has 0 spiro atoms. The third-order valence-corrected chi connectivity index (χ3v) is 5.57. The number of pyridine rings is 1. The smallest absolute Gasteiger partial charge is 0.261 e. The van der Waals surface area contributed by atoms with E-state index in [1.165, 1.54) is 0 Å². The third kappa shape index (κ3) is 3.37. The lowest BCUT2D eigenvalue weighted by atomic mass is 9.94. The normalized spacial score (nSPS) is 19.4. The number of carbonyl (C=O) groups excluding carboxylic acids is 1. The molecule has 1 atom stereocenters. The van der Waals surface area contributed by atoms with Crippen LogP contribution in [0.3, 0.4) is 0 Å². The first kappa shape index (κ1) is 17.8. The van der Waals surface area contributed by atoms with Gasteiger partial charge in [0.2, 0.25) is 0 Å². The highest BCUT2D eigenvalue weighted by Crippen LogP contribution is 2.31. The number of rotatable bonds is 3. The second kappa shape index (κ2) is 7.56. The lowest BCUT2D eigenvalue weighted by Gasteiger charge is -2.37. The number of carbonyl (C=O) groups is 1. The maximum absolute atomic E-state index is 13.3. The molecule has 0 radical (unpaired) electrons. The molecule has 4 rings (SSSR count). The van der Waals surface area contributed by atoms with Gasteiger partial charge in [0, 0.05) is 30.9 Å². The zero-order valence-corrected chi connectivity index (χ0v) is 15.6. The fourth-order valence-corrected chi connectivity index (χ4v) is 4.16. The molecule has 142 valence electrons. The number of para-hydroxylation sites is 1. The number of benzene rings is 1. The van der Waals surface area contributed by atoms with E-state index in [4.69, 9.17) is 4.74 Å². The van der Waals surface area contributed by atoms with Crippen molar-refractivity contribution < 1.29 is 9.53 Å². The van der Waals surface area contributed by atoms with Crippen LogP contribution in [-0.4, -0.2) is 42.5 Å². The van der Waals surface area contributed by atoms with Crippen LogP contribution >= 0.6 is 0 Å². The fraction of sp³-hybridized carbons (Fsp3) is 0.429. The average Bonchev–Trinajstić information content (AvgIpc) is 2.72. The number of amides is 1. The number of methoxy groups -OCH3 is 1. The zero-order valence-electron chi connectivity index (χ0n) is 15.6. The van der Waals surface area contributed by atoms with Crippen molar-refractivity contribution >= 4 is 5.91 Å². The number of hydrogen-bond acceptors (Lipinski definition) is 4. The van der Waals surface area contributed by atoms with Gasteiger partial charge in [-0.15, -0.1) is 0 Å². The molecule has 1 saturated heterocycles. The van der Waals surface area contributed by atoms with Crippen molar-refractivity contribution in [3.8, 4) is 5.75 Å². The molecule has 1 amide bonds. The Labute approximate surface area is 158 Å². The summed E-state index contributed by atoms with van der Waals surface area (Å²) in [5.41, 5.74) is 3.02. The minimum absolute atomic E-state index is 0.169. The van der Waals surface area contributed by atoms with Crippen molar-refractivity contribution in [3.05, 3.63) is 63.1 Å². The minimum atomic E-state index is -0.280. The first-order chi connectivity index (χ1) is 13.2. The Morgan fingerprint density at radius 1 is 1.22 bits per heavy atom. The maximum atomic E-state index is 13.3. The molecule has 27 heavy (non-hydrogen) atoms. The summed E-state index contributed by atoms with van der Waals surface area (Å²) in [4.78, 5) is 30.7. The number of nitrogens with zero attached hydrogens (tertiary/aromatic N) is 1. The third-order valence-electron chi connectivity index (χ3n) is 5.57. The summed E-state index contributed by atoms with van der Waals surface area (Å²) in [6.07, 6.45) is 3.99. The monoisotopic (exact) mass is 367 g/mol. The van der Waals surface area contributed by atoms with Gasteiger partial charge in [0.25, 0.3) is 11.5 Å². The van der Waals surface area contributed by atoms with Crippen LogP contribution < -0.4 is 15.6 Å². The molecular formula is C21H25N3O3. The van der Waals surface area contributed by atoms with Gasteiger partial charge in [0.05, 0.1) is 13.2 Å². The summed E-state index contributed by atoms with van der Waals surface area (Å²) in [5.74, 6) is 0.547. The van der Waals surface area contributed by atoms with Crippen molar-refractivity contribution in [2.24, 2.45) is 0 Å². The summed E-state index contributed by atoms with van der Waals surface area (Å²) in [6.45, 7) is 1.90. The van der Waals surface area contributed by atoms with Crippen LogP contribution in [0.5, 0.6) is 5.75 Å². The van der Waals surface area contributed by atoms with Gasteiger partial charge in [-0.1, -0.05) is 18.2 Å². The predicted molar refractivity (Wildman–Crippen MR) is 103 cm³/mol. The van der Waals surface area contributed by atoms with Gasteiger partial charge in [0.15, 0.2) is 0 Å². The Hall–Kier alpha value is -2.60. The topological polar surface area (TPSA) is 74.4 Å². The van der Waals surface area contributed by atoms with Crippen molar-refractivity contribution in [1.29, 1.82) is 0 Å². The second-order valence-electron chi connectivity index (χ2n) is 7.18. The molecule has 1 unspecified atom stereocenters. The molecule has 1 aromatic carbocycles. The van der Waals surface area contributed by atoms with Crippen molar-refractivity contribution in [3.63, 3.8) is 0 Å². The van der Waals surface area contributed by atoms with E-state index >= 15 is 0 Å². The highest BCUT2D eigenvalue weighted by Gasteiger charge is 2.32. The molecule has 6 nitrogen and oxygen atoms in total. The molecule has 2 heterocycles. The molecule has 6 heteroatoms. The van der Waals surface area contributed by atoms with E-state index in [9.17, 15) is 9.59 Å². The number of ether oxygens (including phenoxy) is 1. The van der Waals surface area contributed by atoms with Gasteiger partial charge < -0.3 is 19.9 Å². The zero-order chi connectivity index (χ0) is 18.8. The molecular weight excluding hydrogens is 342 g/mol. The van der Waals surface area contributed by atoms with E-state index < -0.39 is 0 Å². The summed E-state index contributed by atoms with van der Waals surface area (Å²) in [5, 5.41) is 3.35. The molecule has 2 aromatic rings. The number of piperazine rings is 1. The molecule has 2 aliphatic rings. The Morgan fingerprint density at radius 2 is 2.04 bits per heavy atom. The quantitative estimate of drug-likeness (QED) is 0.871. The minimum Gasteiger partial charge on any atom is -0.496 e. The molecule has 1 aliphatic heterocycles. The Morgan fingerprint density at radius 3 is 2.89 bits per heavy atom.